The maximum Gasteiger partial charge on any atom is 0.243 e. The lowest BCUT2D eigenvalue weighted by atomic mass is 10.0. The quantitative estimate of drug-likeness (QED) is 0.367. The molecule has 1 fully saturated rings. The van der Waals surface area contributed by atoms with Gasteiger partial charge in [-0.1, -0.05) is 101 Å². The Kier molecular flexibility index (Phi) is 8.75. The van der Waals surface area contributed by atoms with Gasteiger partial charge in [0.25, 0.3) is 0 Å². The number of hydrogen-bond donors (Lipinski definition) is 1. The summed E-state index contributed by atoms with van der Waals surface area (Å²) in [5.41, 5.74) is 4.13. The van der Waals surface area contributed by atoms with Crippen molar-refractivity contribution in [3.8, 4) is 0 Å². The van der Waals surface area contributed by atoms with Gasteiger partial charge in [-0.3, -0.25) is 9.59 Å². The monoisotopic (exact) mass is 532 g/mol. The lowest BCUT2D eigenvalue weighted by Crippen LogP contribution is -2.52. The molecule has 1 N–H and O–H groups in total. The second-order valence-electron chi connectivity index (χ2n) is 9.51. The molecule has 0 aromatic heterocycles. The van der Waals surface area contributed by atoms with Crippen molar-refractivity contribution in [3.05, 3.63) is 106 Å². The Morgan fingerprint density at radius 2 is 1.60 bits per heavy atom. The normalized spacial score (nSPS) is 14.5. The van der Waals surface area contributed by atoms with Gasteiger partial charge < -0.3 is 10.2 Å². The second-order valence-corrected chi connectivity index (χ2v) is 10.4. The van der Waals surface area contributed by atoms with E-state index in [2.05, 4.69) is 21.2 Å². The molecule has 0 radical (unpaired) electrons. The van der Waals surface area contributed by atoms with E-state index in [-0.39, 0.29) is 24.3 Å². The van der Waals surface area contributed by atoms with Crippen LogP contribution in [0.4, 0.5) is 0 Å². The number of halogens is 1. The van der Waals surface area contributed by atoms with Gasteiger partial charge in [-0.2, -0.15) is 0 Å². The van der Waals surface area contributed by atoms with Crippen LogP contribution in [-0.4, -0.2) is 28.8 Å². The Bertz CT molecular complexity index is 1120. The zero-order chi connectivity index (χ0) is 24.6. The molecule has 0 heterocycles. The molecular weight excluding hydrogens is 500 g/mol. The zero-order valence-corrected chi connectivity index (χ0v) is 21.8. The lowest BCUT2D eigenvalue weighted by Gasteiger charge is -2.32. The number of hydrogen-bond acceptors (Lipinski definition) is 2. The summed E-state index contributed by atoms with van der Waals surface area (Å²) in [6.07, 6.45) is 5.05. The van der Waals surface area contributed by atoms with E-state index in [1.165, 1.54) is 0 Å². The van der Waals surface area contributed by atoms with Gasteiger partial charge in [0.2, 0.25) is 11.8 Å². The van der Waals surface area contributed by atoms with Crippen LogP contribution in [0.5, 0.6) is 0 Å². The van der Waals surface area contributed by atoms with Crippen LogP contribution in [-0.2, 0) is 29.0 Å². The first-order valence-electron chi connectivity index (χ1n) is 12.4. The molecule has 4 nitrogen and oxygen atoms in total. The van der Waals surface area contributed by atoms with E-state index in [1.807, 2.05) is 85.8 Å². The minimum absolute atomic E-state index is 0.0407. The van der Waals surface area contributed by atoms with Crippen molar-refractivity contribution < 1.29 is 9.59 Å². The van der Waals surface area contributed by atoms with Gasteiger partial charge in [-0.05, 0) is 48.6 Å². The molecule has 1 atom stereocenters. The average Bonchev–Trinajstić information content (AvgIpc) is 3.36. The molecule has 1 saturated carbocycles. The predicted octanol–water partition coefficient (Wildman–Crippen LogP) is 6.00. The molecule has 0 bridgehead atoms. The van der Waals surface area contributed by atoms with Crippen LogP contribution < -0.4 is 5.32 Å². The van der Waals surface area contributed by atoms with Crippen LogP contribution in [0.3, 0.4) is 0 Å². The van der Waals surface area contributed by atoms with Gasteiger partial charge in [0.1, 0.15) is 6.04 Å². The van der Waals surface area contributed by atoms with Crippen molar-refractivity contribution in [3.63, 3.8) is 0 Å². The van der Waals surface area contributed by atoms with E-state index < -0.39 is 6.04 Å². The second kappa shape index (κ2) is 12.2. The predicted molar refractivity (Wildman–Crippen MR) is 144 cm³/mol. The van der Waals surface area contributed by atoms with Gasteiger partial charge in [-0.25, -0.2) is 0 Å². The molecule has 182 valence electrons. The van der Waals surface area contributed by atoms with E-state index in [0.29, 0.717) is 13.0 Å². The summed E-state index contributed by atoms with van der Waals surface area (Å²) >= 11 is 3.49. The summed E-state index contributed by atoms with van der Waals surface area (Å²) in [5, 5.41) is 3.26. The van der Waals surface area contributed by atoms with Gasteiger partial charge in [0.05, 0.1) is 6.42 Å². The molecular formula is C30H33BrN2O2. The fourth-order valence-electron chi connectivity index (χ4n) is 4.81. The lowest BCUT2D eigenvalue weighted by molar-refractivity contribution is -0.141. The van der Waals surface area contributed by atoms with E-state index in [0.717, 1.165) is 52.4 Å². The molecule has 0 aliphatic heterocycles. The largest absolute Gasteiger partial charge is 0.352 e. The highest BCUT2D eigenvalue weighted by molar-refractivity contribution is 9.10. The van der Waals surface area contributed by atoms with Crippen LogP contribution in [0.2, 0.25) is 0 Å². The number of benzene rings is 3. The molecule has 5 heteroatoms. The first-order valence-corrected chi connectivity index (χ1v) is 13.2. The summed E-state index contributed by atoms with van der Waals surface area (Å²) in [7, 11) is 0. The molecule has 4 rings (SSSR count). The molecule has 1 aliphatic carbocycles. The Balaban J connectivity index is 1.65. The Labute approximate surface area is 216 Å². The summed E-state index contributed by atoms with van der Waals surface area (Å²) < 4.78 is 0.985. The Hall–Kier alpha value is -2.92. The molecule has 1 unspecified atom stereocenters. The van der Waals surface area contributed by atoms with Gasteiger partial charge in [0.15, 0.2) is 0 Å². The average molecular weight is 534 g/mol. The summed E-state index contributed by atoms with van der Waals surface area (Å²) in [4.78, 5) is 29.3. The number of carbonyl (C=O) groups excluding carboxylic acids is 2. The summed E-state index contributed by atoms with van der Waals surface area (Å²) in [5.74, 6) is -0.100. The van der Waals surface area contributed by atoms with Crippen LogP contribution in [0.15, 0.2) is 83.3 Å². The number of rotatable bonds is 9. The zero-order valence-electron chi connectivity index (χ0n) is 20.3. The van der Waals surface area contributed by atoms with Crippen molar-refractivity contribution in [1.82, 2.24) is 10.2 Å². The standard InChI is InChI=1S/C30H33BrN2O2/c1-22-8-7-11-25(18-22)20-29(34)33(21-24-14-16-26(31)17-15-24)28(19-23-9-3-2-4-10-23)30(35)32-27-12-5-6-13-27/h2-4,7-11,14-18,27-28H,5-6,12-13,19-21H2,1H3,(H,32,35). The number of carbonyl (C=O) groups is 2. The summed E-state index contributed by atoms with van der Waals surface area (Å²) in [6, 6.07) is 25.6. The van der Waals surface area contributed by atoms with Crippen molar-refractivity contribution in [2.24, 2.45) is 0 Å². The molecule has 1 aliphatic rings. The number of nitrogens with one attached hydrogen (secondary N) is 1. The minimum Gasteiger partial charge on any atom is -0.352 e. The molecule has 3 aromatic carbocycles. The molecule has 3 aromatic rings. The first kappa shape index (κ1) is 25.2. The van der Waals surface area contributed by atoms with Crippen LogP contribution in [0.25, 0.3) is 0 Å². The number of nitrogens with zero attached hydrogens (tertiary/aromatic N) is 1. The van der Waals surface area contributed by atoms with Crippen molar-refractivity contribution in [1.29, 1.82) is 0 Å². The van der Waals surface area contributed by atoms with E-state index in [9.17, 15) is 9.59 Å². The van der Waals surface area contributed by atoms with Crippen LogP contribution >= 0.6 is 15.9 Å². The molecule has 2 amide bonds. The first-order chi connectivity index (χ1) is 17.0. The maximum atomic E-state index is 13.8. The summed E-state index contributed by atoms with van der Waals surface area (Å²) in [6.45, 7) is 2.41. The third-order valence-corrected chi connectivity index (χ3v) is 7.21. The van der Waals surface area contributed by atoms with Gasteiger partial charge >= 0.3 is 0 Å². The van der Waals surface area contributed by atoms with E-state index in [1.54, 1.807) is 4.90 Å². The molecule has 0 saturated heterocycles. The third kappa shape index (κ3) is 7.28. The van der Waals surface area contributed by atoms with Crippen LogP contribution in [0.1, 0.15) is 47.9 Å². The van der Waals surface area contributed by atoms with E-state index in [4.69, 9.17) is 0 Å². The Morgan fingerprint density at radius 1 is 0.914 bits per heavy atom. The van der Waals surface area contributed by atoms with E-state index >= 15 is 0 Å². The topological polar surface area (TPSA) is 49.4 Å². The van der Waals surface area contributed by atoms with Crippen LogP contribution in [0, 0.1) is 6.92 Å². The van der Waals surface area contributed by atoms with Gasteiger partial charge in [-0.15, -0.1) is 0 Å². The Morgan fingerprint density at radius 3 is 2.29 bits per heavy atom. The maximum absolute atomic E-state index is 13.8. The number of aryl methyl sites for hydroxylation is 1. The van der Waals surface area contributed by atoms with Gasteiger partial charge in [0, 0.05) is 23.5 Å². The fraction of sp³-hybridized carbons (Fsp3) is 0.333. The molecule has 0 spiro atoms. The smallest absolute Gasteiger partial charge is 0.243 e. The highest BCUT2D eigenvalue weighted by Gasteiger charge is 2.32. The molecule has 35 heavy (non-hydrogen) atoms. The highest BCUT2D eigenvalue weighted by atomic mass is 79.9. The number of amides is 2. The van der Waals surface area contributed by atoms with Crippen molar-refractivity contribution >= 4 is 27.7 Å². The fourth-order valence-corrected chi connectivity index (χ4v) is 5.07. The van der Waals surface area contributed by atoms with Crippen molar-refractivity contribution in [2.45, 2.75) is 64.1 Å². The SMILES string of the molecule is Cc1cccc(CC(=O)N(Cc2ccc(Br)cc2)C(Cc2ccccc2)C(=O)NC2CCCC2)c1. The minimum atomic E-state index is -0.584. The third-order valence-electron chi connectivity index (χ3n) is 6.68. The highest BCUT2D eigenvalue weighted by Crippen LogP contribution is 2.21. The van der Waals surface area contributed by atoms with Crippen molar-refractivity contribution in [2.75, 3.05) is 0 Å².